The molecule has 1 aliphatic heterocycles. The second kappa shape index (κ2) is 7.30. The van der Waals surface area contributed by atoms with E-state index in [9.17, 15) is 0 Å². The zero-order valence-electron chi connectivity index (χ0n) is 14.2. The van der Waals surface area contributed by atoms with Crippen LogP contribution in [0.5, 0.6) is 11.5 Å². The lowest BCUT2D eigenvalue weighted by atomic mass is 10.2. The first-order valence-electron chi connectivity index (χ1n) is 7.95. The molecule has 1 aromatic heterocycles. The van der Waals surface area contributed by atoms with Gasteiger partial charge in [-0.05, 0) is 40.9 Å². The van der Waals surface area contributed by atoms with Gasteiger partial charge in [-0.2, -0.15) is 0 Å². The van der Waals surface area contributed by atoms with Crippen LogP contribution in [0.1, 0.15) is 12.0 Å². The van der Waals surface area contributed by atoms with Crippen LogP contribution in [0.25, 0.3) is 0 Å². The molecular weight excluding hydrogens is 370 g/mol. The molecule has 1 fully saturated rings. The van der Waals surface area contributed by atoms with Gasteiger partial charge in [-0.25, -0.2) is 4.98 Å². The second-order valence-corrected chi connectivity index (χ2v) is 6.82. The number of hydrogen-bond donors (Lipinski definition) is 1. The Bertz CT molecular complexity index is 701. The average Bonchev–Trinajstić information content (AvgIpc) is 3.06. The standard InChI is InChI=1S/C18H22BrN3O2/c1-12-6-18(20-10-17(12)19)21-13-4-5-22(11-13)14-7-15(23-2)9-16(8-14)24-3/h6-10,13H,4-5,11H2,1-3H3,(H,20,21). The SMILES string of the molecule is COc1cc(OC)cc(N2CCC(Nc3cc(C)c(Br)cn3)C2)c1. The first kappa shape index (κ1) is 16.9. The Labute approximate surface area is 151 Å². The van der Waals surface area contributed by atoms with E-state index in [0.717, 1.165) is 47.0 Å². The van der Waals surface area contributed by atoms with Crippen molar-refractivity contribution in [3.05, 3.63) is 40.5 Å². The summed E-state index contributed by atoms with van der Waals surface area (Å²) in [6.07, 6.45) is 2.91. The average molecular weight is 392 g/mol. The van der Waals surface area contributed by atoms with E-state index in [1.54, 1.807) is 14.2 Å². The molecule has 0 saturated carbocycles. The zero-order chi connectivity index (χ0) is 17.1. The molecule has 6 heteroatoms. The first-order chi connectivity index (χ1) is 11.6. The van der Waals surface area contributed by atoms with E-state index < -0.39 is 0 Å². The van der Waals surface area contributed by atoms with Crippen molar-refractivity contribution in [2.75, 3.05) is 37.5 Å². The minimum absolute atomic E-state index is 0.371. The van der Waals surface area contributed by atoms with Crippen molar-refractivity contribution < 1.29 is 9.47 Å². The number of anilines is 2. The molecule has 2 heterocycles. The van der Waals surface area contributed by atoms with E-state index in [4.69, 9.17) is 9.47 Å². The fourth-order valence-corrected chi connectivity index (χ4v) is 3.13. The Morgan fingerprint density at radius 2 is 1.88 bits per heavy atom. The summed E-state index contributed by atoms with van der Waals surface area (Å²) in [5, 5.41) is 3.53. The van der Waals surface area contributed by atoms with Crippen molar-refractivity contribution in [1.29, 1.82) is 0 Å². The predicted octanol–water partition coefficient (Wildman–Crippen LogP) is 3.86. The second-order valence-electron chi connectivity index (χ2n) is 5.97. The summed E-state index contributed by atoms with van der Waals surface area (Å²) in [5.41, 5.74) is 2.30. The number of pyridine rings is 1. The molecule has 1 N–H and O–H groups in total. The molecule has 2 aromatic rings. The van der Waals surface area contributed by atoms with Crippen molar-refractivity contribution in [3.8, 4) is 11.5 Å². The third-order valence-electron chi connectivity index (χ3n) is 4.29. The summed E-state index contributed by atoms with van der Waals surface area (Å²) in [6, 6.07) is 8.43. The summed E-state index contributed by atoms with van der Waals surface area (Å²) in [5.74, 6) is 2.54. The van der Waals surface area contributed by atoms with E-state index in [1.165, 1.54) is 5.56 Å². The maximum Gasteiger partial charge on any atom is 0.126 e. The van der Waals surface area contributed by atoms with Crippen LogP contribution >= 0.6 is 15.9 Å². The van der Waals surface area contributed by atoms with Crippen LogP contribution in [0, 0.1) is 6.92 Å². The topological polar surface area (TPSA) is 46.6 Å². The van der Waals surface area contributed by atoms with Crippen LogP contribution in [0.3, 0.4) is 0 Å². The van der Waals surface area contributed by atoms with Gasteiger partial charge in [0.05, 0.1) is 14.2 Å². The fraction of sp³-hybridized carbons (Fsp3) is 0.389. The Balaban J connectivity index is 1.69. The van der Waals surface area contributed by atoms with Gasteiger partial charge in [-0.1, -0.05) is 0 Å². The summed E-state index contributed by atoms with van der Waals surface area (Å²) >= 11 is 3.49. The van der Waals surface area contributed by atoms with Gasteiger partial charge in [-0.15, -0.1) is 0 Å². The molecule has 3 rings (SSSR count). The maximum absolute atomic E-state index is 5.37. The van der Waals surface area contributed by atoms with Crippen LogP contribution in [-0.4, -0.2) is 38.3 Å². The van der Waals surface area contributed by atoms with E-state index in [2.05, 4.69) is 44.1 Å². The summed E-state index contributed by atoms with van der Waals surface area (Å²) in [6.45, 7) is 3.98. The van der Waals surface area contributed by atoms with Crippen LogP contribution in [-0.2, 0) is 0 Å². The molecule has 1 atom stereocenters. The molecular formula is C18H22BrN3O2. The van der Waals surface area contributed by atoms with Gasteiger partial charge in [0.2, 0.25) is 0 Å². The van der Waals surface area contributed by atoms with E-state index in [0.29, 0.717) is 6.04 Å². The molecule has 0 aliphatic carbocycles. The molecule has 0 amide bonds. The number of halogens is 1. The third kappa shape index (κ3) is 3.75. The van der Waals surface area contributed by atoms with Gasteiger partial charge < -0.3 is 19.7 Å². The smallest absolute Gasteiger partial charge is 0.126 e. The van der Waals surface area contributed by atoms with Gasteiger partial charge in [-0.3, -0.25) is 0 Å². The highest BCUT2D eigenvalue weighted by molar-refractivity contribution is 9.10. The maximum atomic E-state index is 5.37. The Hall–Kier alpha value is -1.95. The van der Waals surface area contributed by atoms with Crippen LogP contribution < -0.4 is 19.7 Å². The largest absolute Gasteiger partial charge is 0.497 e. The summed E-state index contributed by atoms with van der Waals surface area (Å²) < 4.78 is 11.8. The van der Waals surface area contributed by atoms with Gasteiger partial charge in [0.25, 0.3) is 0 Å². The minimum Gasteiger partial charge on any atom is -0.497 e. The van der Waals surface area contributed by atoms with Crippen LogP contribution in [0.4, 0.5) is 11.5 Å². The van der Waals surface area contributed by atoms with Crippen LogP contribution in [0.2, 0.25) is 0 Å². The number of benzene rings is 1. The number of methoxy groups -OCH3 is 2. The predicted molar refractivity (Wildman–Crippen MR) is 100 cm³/mol. The quantitative estimate of drug-likeness (QED) is 0.838. The lowest BCUT2D eigenvalue weighted by molar-refractivity contribution is 0.394. The normalized spacial score (nSPS) is 17.0. The Morgan fingerprint density at radius 3 is 2.50 bits per heavy atom. The number of aryl methyl sites for hydroxylation is 1. The molecule has 1 unspecified atom stereocenters. The van der Waals surface area contributed by atoms with Gasteiger partial charge in [0.15, 0.2) is 0 Å². The van der Waals surface area contributed by atoms with Crippen molar-refractivity contribution in [2.45, 2.75) is 19.4 Å². The number of hydrogen-bond acceptors (Lipinski definition) is 5. The Kier molecular flexibility index (Phi) is 5.14. The van der Waals surface area contributed by atoms with E-state index >= 15 is 0 Å². The van der Waals surface area contributed by atoms with Crippen molar-refractivity contribution in [3.63, 3.8) is 0 Å². The monoisotopic (exact) mass is 391 g/mol. The van der Waals surface area contributed by atoms with E-state index in [1.807, 2.05) is 24.4 Å². The molecule has 128 valence electrons. The molecule has 1 saturated heterocycles. The van der Waals surface area contributed by atoms with Crippen molar-refractivity contribution in [1.82, 2.24) is 4.98 Å². The zero-order valence-corrected chi connectivity index (χ0v) is 15.8. The Morgan fingerprint density at radius 1 is 1.17 bits per heavy atom. The fourth-order valence-electron chi connectivity index (χ4n) is 2.91. The first-order valence-corrected chi connectivity index (χ1v) is 8.75. The highest BCUT2D eigenvalue weighted by Crippen LogP contribution is 2.31. The molecule has 24 heavy (non-hydrogen) atoms. The molecule has 0 bridgehead atoms. The highest BCUT2D eigenvalue weighted by atomic mass is 79.9. The molecule has 1 aliphatic rings. The molecule has 0 spiro atoms. The highest BCUT2D eigenvalue weighted by Gasteiger charge is 2.23. The number of aromatic nitrogens is 1. The lowest BCUT2D eigenvalue weighted by Gasteiger charge is -2.21. The van der Waals surface area contributed by atoms with Crippen LogP contribution in [0.15, 0.2) is 34.9 Å². The summed E-state index contributed by atoms with van der Waals surface area (Å²) in [7, 11) is 3.35. The van der Waals surface area contributed by atoms with Gasteiger partial charge >= 0.3 is 0 Å². The lowest BCUT2D eigenvalue weighted by Crippen LogP contribution is -2.26. The number of ether oxygens (including phenoxy) is 2. The summed E-state index contributed by atoms with van der Waals surface area (Å²) in [4.78, 5) is 6.78. The number of nitrogens with one attached hydrogen (secondary N) is 1. The van der Waals surface area contributed by atoms with Gasteiger partial charge in [0.1, 0.15) is 17.3 Å². The molecule has 5 nitrogen and oxygen atoms in total. The molecule has 1 aromatic carbocycles. The van der Waals surface area contributed by atoms with Crippen molar-refractivity contribution >= 4 is 27.4 Å². The van der Waals surface area contributed by atoms with Gasteiger partial charge in [0, 0.05) is 53.7 Å². The molecule has 0 radical (unpaired) electrons. The third-order valence-corrected chi connectivity index (χ3v) is 5.12. The number of rotatable bonds is 5. The van der Waals surface area contributed by atoms with Crippen molar-refractivity contribution in [2.24, 2.45) is 0 Å². The van der Waals surface area contributed by atoms with E-state index in [-0.39, 0.29) is 0 Å². The minimum atomic E-state index is 0.371. The number of nitrogens with zero attached hydrogens (tertiary/aromatic N) is 2.